The van der Waals surface area contributed by atoms with Gasteiger partial charge in [0.05, 0.1) is 11.2 Å². The first-order chi connectivity index (χ1) is 14.3. The molecule has 1 saturated heterocycles. The zero-order chi connectivity index (χ0) is 21.2. The molecule has 1 N–H and O–H groups in total. The van der Waals surface area contributed by atoms with E-state index in [0.29, 0.717) is 12.5 Å². The van der Waals surface area contributed by atoms with E-state index in [4.69, 9.17) is 14.0 Å². The molecule has 6 heteroatoms. The summed E-state index contributed by atoms with van der Waals surface area (Å²) < 4.78 is 18.0. The summed E-state index contributed by atoms with van der Waals surface area (Å²) in [5, 5.41) is 3.32. The molecule has 0 radical (unpaired) electrons. The highest BCUT2D eigenvalue weighted by Gasteiger charge is 2.51. The van der Waals surface area contributed by atoms with Crippen molar-refractivity contribution in [2.45, 2.75) is 45.5 Å². The minimum atomic E-state index is -0.364. The molecule has 0 amide bonds. The largest absolute Gasteiger partial charge is 0.494 e. The number of hydrogen-bond acceptors (Lipinski definition) is 5. The summed E-state index contributed by atoms with van der Waals surface area (Å²) in [5.41, 5.74) is 2.34. The molecule has 1 aliphatic rings. The van der Waals surface area contributed by atoms with E-state index in [1.165, 1.54) is 0 Å². The number of nitrogens with one attached hydrogen (secondary N) is 1. The minimum absolute atomic E-state index is 0.349. The van der Waals surface area contributed by atoms with Gasteiger partial charge in [-0.1, -0.05) is 48.5 Å². The van der Waals surface area contributed by atoms with Crippen molar-refractivity contribution in [3.8, 4) is 5.88 Å². The normalized spacial score (nSPS) is 17.0. The number of hydrogen-bond donors (Lipinski definition) is 1. The van der Waals surface area contributed by atoms with Crippen LogP contribution in [-0.2, 0) is 15.9 Å². The van der Waals surface area contributed by atoms with Gasteiger partial charge in [-0.05, 0) is 56.9 Å². The summed E-state index contributed by atoms with van der Waals surface area (Å²) in [4.78, 5) is 4.54. The number of benzene rings is 2. The Balaban J connectivity index is 1.39. The smallest absolute Gasteiger partial charge is 0.473 e. The van der Waals surface area contributed by atoms with Gasteiger partial charge in [0.2, 0.25) is 5.88 Å². The third kappa shape index (κ3) is 4.50. The number of aromatic nitrogens is 1. The van der Waals surface area contributed by atoms with Gasteiger partial charge >= 0.3 is 7.12 Å². The number of pyridine rings is 1. The van der Waals surface area contributed by atoms with Crippen LogP contribution in [0.1, 0.15) is 33.3 Å². The van der Waals surface area contributed by atoms with Crippen LogP contribution in [0.15, 0.2) is 72.8 Å². The minimum Gasteiger partial charge on any atom is -0.473 e. The molecule has 5 nitrogen and oxygen atoms in total. The van der Waals surface area contributed by atoms with Gasteiger partial charge in [0.25, 0.3) is 0 Å². The molecular weight excluding hydrogens is 375 g/mol. The quantitative estimate of drug-likeness (QED) is 0.606. The van der Waals surface area contributed by atoms with Crippen LogP contribution in [0.25, 0.3) is 0 Å². The Morgan fingerprint density at radius 3 is 2.17 bits per heavy atom. The molecule has 1 aromatic heterocycles. The fourth-order valence-corrected chi connectivity index (χ4v) is 3.15. The molecule has 154 valence electrons. The van der Waals surface area contributed by atoms with E-state index in [-0.39, 0.29) is 18.3 Å². The summed E-state index contributed by atoms with van der Waals surface area (Å²) >= 11 is 0. The first-order valence-electron chi connectivity index (χ1n) is 10.2. The maximum Gasteiger partial charge on any atom is 0.494 e. The standard InChI is InChI=1S/C24H27BN2O3/c1-23(2)24(3,4)30-25(29-23)19-13-15-20(16-14-19)26-21-11-8-12-22(27-21)28-17-18-9-6-5-7-10-18/h5-16H,17H2,1-4H3,(H,26,27). The lowest BCUT2D eigenvalue weighted by atomic mass is 9.79. The lowest BCUT2D eigenvalue weighted by molar-refractivity contribution is 0.00578. The van der Waals surface area contributed by atoms with E-state index < -0.39 is 0 Å². The Kier molecular flexibility index (Phi) is 5.54. The van der Waals surface area contributed by atoms with Gasteiger partial charge < -0.3 is 19.4 Å². The molecule has 1 aliphatic heterocycles. The summed E-state index contributed by atoms with van der Waals surface area (Å²) in [5.74, 6) is 1.31. The molecule has 0 aliphatic carbocycles. The Labute approximate surface area is 178 Å². The highest BCUT2D eigenvalue weighted by atomic mass is 16.7. The van der Waals surface area contributed by atoms with Gasteiger partial charge in [-0.2, -0.15) is 4.98 Å². The summed E-state index contributed by atoms with van der Waals surface area (Å²) in [6.45, 7) is 8.71. The molecule has 4 rings (SSSR count). The van der Waals surface area contributed by atoms with Crippen molar-refractivity contribution in [3.63, 3.8) is 0 Å². The fraction of sp³-hybridized carbons (Fsp3) is 0.292. The number of rotatable bonds is 6. The summed E-state index contributed by atoms with van der Waals surface area (Å²) in [6.07, 6.45) is 0. The van der Waals surface area contributed by atoms with Gasteiger partial charge in [0.1, 0.15) is 12.4 Å². The molecular formula is C24H27BN2O3. The lowest BCUT2D eigenvalue weighted by Crippen LogP contribution is -2.41. The Hall–Kier alpha value is -2.83. The third-order valence-electron chi connectivity index (χ3n) is 5.66. The summed E-state index contributed by atoms with van der Waals surface area (Å²) in [7, 11) is -0.364. The third-order valence-corrected chi connectivity index (χ3v) is 5.66. The Morgan fingerprint density at radius 1 is 0.833 bits per heavy atom. The van der Waals surface area contributed by atoms with Crippen LogP contribution in [0, 0.1) is 0 Å². The molecule has 2 heterocycles. The monoisotopic (exact) mass is 402 g/mol. The second kappa shape index (κ2) is 8.13. The first kappa shape index (κ1) is 20.4. The number of ether oxygens (including phenoxy) is 1. The molecule has 0 saturated carbocycles. The Morgan fingerprint density at radius 2 is 1.50 bits per heavy atom. The van der Waals surface area contributed by atoms with E-state index >= 15 is 0 Å². The number of anilines is 2. The first-order valence-corrected chi connectivity index (χ1v) is 10.2. The molecule has 1 fully saturated rings. The van der Waals surface area contributed by atoms with E-state index in [1.807, 2.05) is 72.8 Å². The van der Waals surface area contributed by atoms with Crippen LogP contribution in [-0.4, -0.2) is 23.3 Å². The van der Waals surface area contributed by atoms with Crippen LogP contribution in [0.5, 0.6) is 5.88 Å². The number of nitrogens with zero attached hydrogens (tertiary/aromatic N) is 1. The van der Waals surface area contributed by atoms with E-state index in [9.17, 15) is 0 Å². The van der Waals surface area contributed by atoms with Gasteiger partial charge in [0, 0.05) is 11.8 Å². The van der Waals surface area contributed by atoms with Gasteiger partial charge in [-0.15, -0.1) is 0 Å². The van der Waals surface area contributed by atoms with Crippen molar-refractivity contribution in [1.82, 2.24) is 4.98 Å². The van der Waals surface area contributed by atoms with Gasteiger partial charge in [0.15, 0.2) is 0 Å². The van der Waals surface area contributed by atoms with Crippen molar-refractivity contribution < 1.29 is 14.0 Å². The summed E-state index contributed by atoms with van der Waals surface area (Å²) in [6, 6.07) is 23.8. The zero-order valence-electron chi connectivity index (χ0n) is 17.9. The topological polar surface area (TPSA) is 52.6 Å². The van der Waals surface area contributed by atoms with Crippen molar-refractivity contribution in [3.05, 3.63) is 78.4 Å². The van der Waals surface area contributed by atoms with Crippen molar-refractivity contribution in [2.75, 3.05) is 5.32 Å². The molecule has 0 unspecified atom stereocenters. The van der Waals surface area contributed by atoms with Crippen LogP contribution < -0.4 is 15.5 Å². The maximum absolute atomic E-state index is 6.12. The average molecular weight is 402 g/mol. The second-order valence-electron chi connectivity index (χ2n) is 8.47. The predicted octanol–water partition coefficient (Wildman–Crippen LogP) is 4.70. The molecule has 3 aromatic rings. The van der Waals surface area contributed by atoms with Crippen LogP contribution in [0.2, 0.25) is 0 Å². The van der Waals surface area contributed by atoms with Gasteiger partial charge in [-0.3, -0.25) is 0 Å². The molecule has 0 spiro atoms. The average Bonchev–Trinajstić information content (AvgIpc) is 2.95. The van der Waals surface area contributed by atoms with Crippen LogP contribution in [0.3, 0.4) is 0 Å². The fourth-order valence-electron chi connectivity index (χ4n) is 3.15. The second-order valence-corrected chi connectivity index (χ2v) is 8.47. The van der Waals surface area contributed by atoms with Gasteiger partial charge in [-0.25, -0.2) is 0 Å². The van der Waals surface area contributed by atoms with Crippen molar-refractivity contribution in [1.29, 1.82) is 0 Å². The maximum atomic E-state index is 6.12. The SMILES string of the molecule is CC1(C)OB(c2ccc(Nc3cccc(OCc4ccccc4)n3)cc2)OC1(C)C. The lowest BCUT2D eigenvalue weighted by Gasteiger charge is -2.32. The highest BCUT2D eigenvalue weighted by Crippen LogP contribution is 2.36. The molecule has 2 aromatic carbocycles. The predicted molar refractivity (Wildman–Crippen MR) is 120 cm³/mol. The van der Waals surface area contributed by atoms with Crippen LogP contribution in [0.4, 0.5) is 11.5 Å². The molecule has 0 atom stereocenters. The van der Waals surface area contributed by atoms with Crippen molar-refractivity contribution in [2.24, 2.45) is 0 Å². The molecule has 30 heavy (non-hydrogen) atoms. The zero-order valence-corrected chi connectivity index (χ0v) is 17.9. The Bertz CT molecular complexity index is 975. The van der Waals surface area contributed by atoms with Crippen LogP contribution >= 0.6 is 0 Å². The van der Waals surface area contributed by atoms with E-state index in [0.717, 1.165) is 22.5 Å². The highest BCUT2D eigenvalue weighted by molar-refractivity contribution is 6.62. The van der Waals surface area contributed by atoms with Crippen molar-refractivity contribution >= 4 is 24.1 Å². The molecule has 0 bridgehead atoms. The van der Waals surface area contributed by atoms with E-state index in [2.05, 4.69) is 38.0 Å². The van der Waals surface area contributed by atoms with E-state index in [1.54, 1.807) is 0 Å².